The molecule has 1 nitrogen and oxygen atoms in total. The average molecular weight is 161 g/mol. The fourth-order valence-corrected chi connectivity index (χ4v) is 1.14. The summed E-state index contributed by atoms with van der Waals surface area (Å²) in [6.07, 6.45) is 1.50. The summed E-state index contributed by atoms with van der Waals surface area (Å²) in [6.45, 7) is 3.68. The molecule has 1 aromatic rings. The number of benzene rings is 1. The zero-order valence-corrected chi connectivity index (χ0v) is 7.55. The molecule has 0 amide bonds. The van der Waals surface area contributed by atoms with Gasteiger partial charge in [-0.25, -0.2) is 0 Å². The molecule has 0 aliphatic rings. The van der Waals surface area contributed by atoms with Gasteiger partial charge in [0.05, 0.1) is 0 Å². The summed E-state index contributed by atoms with van der Waals surface area (Å²) in [6, 6.07) is 8.88. The summed E-state index contributed by atoms with van der Waals surface area (Å²) < 4.78 is 0. The Labute approximate surface area is 73.4 Å². The lowest BCUT2D eigenvalue weighted by Gasteiger charge is -2.02. The van der Waals surface area contributed by atoms with E-state index in [1.165, 1.54) is 11.1 Å². The molecule has 63 valence electrons. The van der Waals surface area contributed by atoms with Crippen molar-refractivity contribution in [1.29, 1.82) is 0 Å². The molecule has 0 aliphatic carbocycles. The van der Waals surface area contributed by atoms with Crippen molar-refractivity contribution in [3.05, 3.63) is 35.4 Å². The predicted octanol–water partition coefficient (Wildman–Crippen LogP) is 2.32. The van der Waals surface area contributed by atoms with Crippen molar-refractivity contribution in [3.8, 4) is 0 Å². The van der Waals surface area contributed by atoms with Crippen molar-refractivity contribution < 1.29 is 4.79 Å². The Morgan fingerprint density at radius 3 is 2.92 bits per heavy atom. The summed E-state index contributed by atoms with van der Waals surface area (Å²) >= 11 is 0. The van der Waals surface area contributed by atoms with Crippen molar-refractivity contribution >= 4 is 5.78 Å². The molecule has 0 atom stereocenters. The fourth-order valence-electron chi connectivity index (χ4n) is 1.14. The lowest BCUT2D eigenvalue weighted by Crippen LogP contribution is -1.95. The summed E-state index contributed by atoms with van der Waals surface area (Å²) in [5, 5.41) is 0. The first-order chi connectivity index (χ1) is 5.70. The number of hydrogen-bond acceptors (Lipinski definition) is 1. The molecule has 1 rings (SSSR count). The average Bonchev–Trinajstić information content (AvgIpc) is 2.03. The van der Waals surface area contributed by atoms with E-state index in [0.29, 0.717) is 6.42 Å². The summed E-state index contributed by atoms with van der Waals surface area (Å²) in [5.41, 5.74) is 2.47. The van der Waals surface area contributed by atoms with Crippen LogP contribution in [0.15, 0.2) is 18.2 Å². The van der Waals surface area contributed by atoms with E-state index < -0.39 is 0 Å². The summed E-state index contributed by atoms with van der Waals surface area (Å²) in [5.74, 6) is 0.252. The normalized spacial score (nSPS) is 9.83. The number of Topliss-reactive ketones (excluding diaryl/α,β-unsaturated/α-hetero) is 1. The Kier molecular flexibility index (Phi) is 3.03. The van der Waals surface area contributed by atoms with Crippen LogP contribution in [0.4, 0.5) is 0 Å². The topological polar surface area (TPSA) is 17.1 Å². The molecule has 0 saturated carbocycles. The monoisotopic (exact) mass is 161 g/mol. The minimum absolute atomic E-state index is 0.252. The maximum atomic E-state index is 10.7. The van der Waals surface area contributed by atoms with E-state index in [9.17, 15) is 4.79 Å². The first kappa shape index (κ1) is 8.98. The van der Waals surface area contributed by atoms with Gasteiger partial charge >= 0.3 is 0 Å². The number of aryl methyl sites for hydroxylation is 2. The van der Waals surface area contributed by atoms with Crippen molar-refractivity contribution in [3.63, 3.8) is 0 Å². The summed E-state index contributed by atoms with van der Waals surface area (Å²) in [7, 11) is 0. The quantitative estimate of drug-likeness (QED) is 0.665. The maximum absolute atomic E-state index is 10.7. The minimum atomic E-state index is 0.252. The zero-order chi connectivity index (χ0) is 8.97. The van der Waals surface area contributed by atoms with Gasteiger partial charge in [-0.2, -0.15) is 0 Å². The van der Waals surface area contributed by atoms with Crippen LogP contribution in [0.3, 0.4) is 0 Å². The highest BCUT2D eigenvalue weighted by Crippen LogP contribution is 2.08. The van der Waals surface area contributed by atoms with Crippen LogP contribution in [-0.4, -0.2) is 5.78 Å². The third kappa shape index (κ3) is 2.50. The lowest BCUT2D eigenvalue weighted by molar-refractivity contribution is -0.116. The molecular weight excluding hydrogens is 148 g/mol. The van der Waals surface area contributed by atoms with Crippen molar-refractivity contribution in [2.45, 2.75) is 26.7 Å². The molecule has 0 saturated heterocycles. The smallest absolute Gasteiger partial charge is 0.130 e. The SMILES string of the molecule is CC(=O)CCc1cc[c]cc1C. The second kappa shape index (κ2) is 4.05. The van der Waals surface area contributed by atoms with Gasteiger partial charge in [0.25, 0.3) is 0 Å². The van der Waals surface area contributed by atoms with E-state index in [4.69, 9.17) is 0 Å². The van der Waals surface area contributed by atoms with Crippen LogP contribution in [0.1, 0.15) is 24.5 Å². The van der Waals surface area contributed by atoms with Gasteiger partial charge < -0.3 is 4.79 Å². The molecule has 0 aliphatic heterocycles. The minimum Gasteiger partial charge on any atom is -0.300 e. The van der Waals surface area contributed by atoms with Crippen LogP contribution in [0.2, 0.25) is 0 Å². The largest absolute Gasteiger partial charge is 0.300 e. The highest BCUT2D eigenvalue weighted by molar-refractivity contribution is 5.75. The highest BCUT2D eigenvalue weighted by atomic mass is 16.1. The molecule has 12 heavy (non-hydrogen) atoms. The third-order valence-electron chi connectivity index (χ3n) is 1.93. The molecule has 0 N–H and O–H groups in total. The van der Waals surface area contributed by atoms with Gasteiger partial charge in [0, 0.05) is 6.42 Å². The van der Waals surface area contributed by atoms with Gasteiger partial charge in [0.2, 0.25) is 0 Å². The van der Waals surface area contributed by atoms with Crippen LogP contribution in [-0.2, 0) is 11.2 Å². The second-order valence-electron chi connectivity index (χ2n) is 3.05. The second-order valence-corrected chi connectivity index (χ2v) is 3.05. The fraction of sp³-hybridized carbons (Fsp3) is 0.364. The molecule has 1 aromatic carbocycles. The van der Waals surface area contributed by atoms with E-state index in [-0.39, 0.29) is 5.78 Å². The van der Waals surface area contributed by atoms with E-state index in [2.05, 4.69) is 6.07 Å². The Bertz CT molecular complexity index is 276. The number of carbonyl (C=O) groups excluding carboxylic acids is 1. The molecule has 1 heteroatoms. The zero-order valence-electron chi connectivity index (χ0n) is 7.55. The van der Waals surface area contributed by atoms with Gasteiger partial charge in [-0.1, -0.05) is 18.2 Å². The van der Waals surface area contributed by atoms with Gasteiger partial charge in [0.1, 0.15) is 5.78 Å². The van der Waals surface area contributed by atoms with Crippen molar-refractivity contribution in [1.82, 2.24) is 0 Å². The van der Waals surface area contributed by atoms with Crippen molar-refractivity contribution in [2.24, 2.45) is 0 Å². The number of carbonyl (C=O) groups is 1. The number of hydrogen-bond donors (Lipinski definition) is 0. The molecule has 0 aromatic heterocycles. The first-order valence-corrected chi connectivity index (χ1v) is 4.15. The molecule has 1 radical (unpaired) electrons. The number of ketones is 1. The van der Waals surface area contributed by atoms with Crippen LogP contribution in [0.25, 0.3) is 0 Å². The number of rotatable bonds is 3. The van der Waals surface area contributed by atoms with Crippen molar-refractivity contribution in [2.75, 3.05) is 0 Å². The maximum Gasteiger partial charge on any atom is 0.130 e. The Morgan fingerprint density at radius 1 is 1.58 bits per heavy atom. The summed E-state index contributed by atoms with van der Waals surface area (Å²) in [4.78, 5) is 10.7. The molecule has 0 bridgehead atoms. The van der Waals surface area contributed by atoms with Gasteiger partial charge in [-0.05, 0) is 37.5 Å². The Balaban J connectivity index is 2.63. The standard InChI is InChI=1S/C11H13O/c1-9-5-3-4-6-11(9)8-7-10(2)12/h4-6H,7-8H2,1-2H3. The van der Waals surface area contributed by atoms with E-state index in [1.807, 2.05) is 25.1 Å². The van der Waals surface area contributed by atoms with Gasteiger partial charge in [-0.3, -0.25) is 0 Å². The van der Waals surface area contributed by atoms with E-state index >= 15 is 0 Å². The Morgan fingerprint density at radius 2 is 2.33 bits per heavy atom. The molecule has 0 unspecified atom stereocenters. The van der Waals surface area contributed by atoms with Crippen LogP contribution < -0.4 is 0 Å². The van der Waals surface area contributed by atoms with E-state index in [1.54, 1.807) is 6.92 Å². The lowest BCUT2D eigenvalue weighted by atomic mass is 10.0. The molecule has 0 fully saturated rings. The molecule has 0 spiro atoms. The van der Waals surface area contributed by atoms with E-state index in [0.717, 1.165) is 6.42 Å². The van der Waals surface area contributed by atoms with Crippen LogP contribution >= 0.6 is 0 Å². The molecule has 0 heterocycles. The third-order valence-corrected chi connectivity index (χ3v) is 1.93. The Hall–Kier alpha value is -1.11. The van der Waals surface area contributed by atoms with Crippen LogP contribution in [0.5, 0.6) is 0 Å². The highest BCUT2D eigenvalue weighted by Gasteiger charge is 1.98. The first-order valence-electron chi connectivity index (χ1n) is 4.15. The van der Waals surface area contributed by atoms with Gasteiger partial charge in [-0.15, -0.1) is 0 Å². The molecular formula is C11H13O. The predicted molar refractivity (Wildman–Crippen MR) is 49.0 cm³/mol. The van der Waals surface area contributed by atoms with Gasteiger partial charge in [0.15, 0.2) is 0 Å². The van der Waals surface area contributed by atoms with Crippen LogP contribution in [0, 0.1) is 13.0 Å².